The second-order valence-electron chi connectivity index (χ2n) is 7.96. The Morgan fingerprint density at radius 1 is 1.23 bits per heavy atom. The molecule has 0 saturated carbocycles. The van der Waals surface area contributed by atoms with Gasteiger partial charge in [-0.15, -0.1) is 0 Å². The van der Waals surface area contributed by atoms with Crippen LogP contribution in [0.4, 0.5) is 0 Å². The summed E-state index contributed by atoms with van der Waals surface area (Å²) >= 11 is 6.32. The van der Waals surface area contributed by atoms with E-state index in [-0.39, 0.29) is 24.2 Å². The Balaban J connectivity index is 1.65. The summed E-state index contributed by atoms with van der Waals surface area (Å²) in [6, 6.07) is 13.6. The molecular weight excluding hydrogens is 412 g/mol. The van der Waals surface area contributed by atoms with Gasteiger partial charge >= 0.3 is 0 Å². The molecule has 4 rings (SSSR count). The van der Waals surface area contributed by atoms with E-state index in [1.54, 1.807) is 12.0 Å². The van der Waals surface area contributed by atoms with E-state index in [9.17, 15) is 9.59 Å². The fourth-order valence-electron chi connectivity index (χ4n) is 4.42. The molecule has 1 fully saturated rings. The molecule has 0 radical (unpaired) electrons. The highest BCUT2D eigenvalue weighted by Crippen LogP contribution is 2.40. The van der Waals surface area contributed by atoms with Crippen molar-refractivity contribution in [2.24, 2.45) is 5.92 Å². The maximum atomic E-state index is 12.9. The molecule has 1 aliphatic heterocycles. The van der Waals surface area contributed by atoms with Gasteiger partial charge < -0.3 is 14.2 Å². The standard InChI is InChI=1S/C25H25ClN2O3/c1-4-24(30)27-13-17(14-27)11-19(29)15-28-16(2)25(20-7-5-6-8-23(20)31-3)21-12-18(26)9-10-22(21)28/h4-10,12,17H,1,11,13-15H2,2-3H3. The highest BCUT2D eigenvalue weighted by molar-refractivity contribution is 6.31. The Hall–Kier alpha value is -3.05. The topological polar surface area (TPSA) is 51.5 Å². The van der Waals surface area contributed by atoms with E-state index >= 15 is 0 Å². The van der Waals surface area contributed by atoms with Crippen molar-refractivity contribution in [3.05, 3.63) is 65.8 Å². The lowest BCUT2D eigenvalue weighted by Crippen LogP contribution is -2.50. The molecule has 2 aromatic carbocycles. The molecule has 0 spiro atoms. The van der Waals surface area contributed by atoms with Crippen LogP contribution in [0.3, 0.4) is 0 Å². The van der Waals surface area contributed by atoms with Crippen LogP contribution in [0.2, 0.25) is 5.02 Å². The number of hydrogen-bond acceptors (Lipinski definition) is 3. The van der Waals surface area contributed by atoms with Crippen molar-refractivity contribution in [3.8, 4) is 16.9 Å². The highest BCUT2D eigenvalue weighted by Gasteiger charge is 2.31. The van der Waals surface area contributed by atoms with E-state index in [1.807, 2.05) is 49.4 Å². The van der Waals surface area contributed by atoms with Gasteiger partial charge in [0.2, 0.25) is 5.91 Å². The molecule has 0 bridgehead atoms. The van der Waals surface area contributed by atoms with Crippen LogP contribution in [-0.2, 0) is 16.1 Å². The number of amides is 1. The molecule has 2 heterocycles. The van der Waals surface area contributed by atoms with Gasteiger partial charge in [0.05, 0.1) is 13.7 Å². The minimum absolute atomic E-state index is 0.0747. The minimum Gasteiger partial charge on any atom is -0.496 e. The van der Waals surface area contributed by atoms with Gasteiger partial charge in [-0.1, -0.05) is 36.4 Å². The first-order valence-electron chi connectivity index (χ1n) is 10.3. The van der Waals surface area contributed by atoms with Gasteiger partial charge in [-0.05, 0) is 37.3 Å². The molecule has 31 heavy (non-hydrogen) atoms. The zero-order valence-electron chi connectivity index (χ0n) is 17.7. The summed E-state index contributed by atoms with van der Waals surface area (Å²) < 4.78 is 7.65. The number of aromatic nitrogens is 1. The first-order chi connectivity index (χ1) is 14.9. The van der Waals surface area contributed by atoms with Gasteiger partial charge in [0.1, 0.15) is 5.75 Å². The zero-order valence-corrected chi connectivity index (χ0v) is 18.5. The zero-order chi connectivity index (χ0) is 22.1. The lowest BCUT2D eigenvalue weighted by molar-refractivity contribution is -0.134. The minimum atomic E-state index is -0.0747. The Labute approximate surface area is 186 Å². The summed E-state index contributed by atoms with van der Waals surface area (Å²) in [4.78, 5) is 26.2. The molecule has 1 amide bonds. The average molecular weight is 437 g/mol. The van der Waals surface area contributed by atoms with Crippen molar-refractivity contribution >= 4 is 34.2 Å². The van der Waals surface area contributed by atoms with Gasteiger partial charge in [0.25, 0.3) is 0 Å². The molecule has 1 saturated heterocycles. The molecular formula is C25H25ClN2O3. The van der Waals surface area contributed by atoms with Crippen LogP contribution in [0.5, 0.6) is 5.75 Å². The third-order valence-corrected chi connectivity index (χ3v) is 6.19. The monoisotopic (exact) mass is 436 g/mol. The number of likely N-dealkylation sites (tertiary alicyclic amines) is 1. The predicted molar refractivity (Wildman–Crippen MR) is 124 cm³/mol. The molecule has 6 heteroatoms. The third kappa shape index (κ3) is 3.98. The number of hydrogen-bond donors (Lipinski definition) is 0. The second-order valence-corrected chi connectivity index (χ2v) is 8.40. The maximum Gasteiger partial charge on any atom is 0.245 e. The first kappa shape index (κ1) is 21.2. The van der Waals surface area contributed by atoms with E-state index in [0.717, 1.165) is 33.5 Å². The highest BCUT2D eigenvalue weighted by atomic mass is 35.5. The first-order valence-corrected chi connectivity index (χ1v) is 10.7. The van der Waals surface area contributed by atoms with Crippen molar-refractivity contribution in [1.82, 2.24) is 9.47 Å². The Morgan fingerprint density at radius 3 is 2.68 bits per heavy atom. The number of methoxy groups -OCH3 is 1. The molecule has 1 aliphatic rings. The van der Waals surface area contributed by atoms with Gasteiger partial charge in [0, 0.05) is 58.2 Å². The number of carbonyl (C=O) groups excluding carboxylic acids is 2. The molecule has 0 N–H and O–H groups in total. The van der Waals surface area contributed by atoms with Gasteiger partial charge in [-0.2, -0.15) is 0 Å². The van der Waals surface area contributed by atoms with E-state index < -0.39 is 0 Å². The van der Waals surface area contributed by atoms with Crippen molar-refractivity contribution in [2.75, 3.05) is 20.2 Å². The van der Waals surface area contributed by atoms with E-state index in [4.69, 9.17) is 16.3 Å². The summed E-state index contributed by atoms with van der Waals surface area (Å²) in [6.45, 7) is 7.05. The quantitative estimate of drug-likeness (QED) is 0.496. The average Bonchev–Trinajstić information content (AvgIpc) is 3.00. The fraction of sp³-hybridized carbons (Fsp3) is 0.280. The predicted octanol–water partition coefficient (Wildman–Crippen LogP) is 4.88. The van der Waals surface area contributed by atoms with Crippen molar-refractivity contribution < 1.29 is 14.3 Å². The van der Waals surface area contributed by atoms with Gasteiger partial charge in [0.15, 0.2) is 5.78 Å². The lowest BCUT2D eigenvalue weighted by Gasteiger charge is -2.38. The molecule has 1 aromatic heterocycles. The number of ether oxygens (including phenoxy) is 1. The van der Waals surface area contributed by atoms with Gasteiger partial charge in [-0.25, -0.2) is 0 Å². The number of para-hydroxylation sites is 1. The number of carbonyl (C=O) groups is 2. The molecule has 0 aliphatic carbocycles. The molecule has 3 aromatic rings. The Kier molecular flexibility index (Phi) is 5.88. The number of ketones is 1. The SMILES string of the molecule is C=CC(=O)N1CC(CC(=O)Cn2c(C)c(-c3ccccc3OC)c3cc(Cl)ccc32)C1. The Bertz CT molecular complexity index is 1170. The number of halogens is 1. The van der Waals surface area contributed by atoms with Crippen LogP contribution in [-0.4, -0.2) is 41.4 Å². The molecule has 5 nitrogen and oxygen atoms in total. The largest absolute Gasteiger partial charge is 0.496 e. The van der Waals surface area contributed by atoms with Crippen LogP contribution >= 0.6 is 11.6 Å². The summed E-state index contributed by atoms with van der Waals surface area (Å²) in [5, 5.41) is 1.64. The summed E-state index contributed by atoms with van der Waals surface area (Å²) in [5.41, 5.74) is 3.95. The lowest BCUT2D eigenvalue weighted by atomic mass is 9.94. The molecule has 0 atom stereocenters. The van der Waals surface area contributed by atoms with Crippen LogP contribution in [0.15, 0.2) is 55.1 Å². The van der Waals surface area contributed by atoms with Gasteiger partial charge in [-0.3, -0.25) is 9.59 Å². The number of benzene rings is 2. The summed E-state index contributed by atoms with van der Waals surface area (Å²) in [5.74, 6) is 1.06. The molecule has 160 valence electrons. The molecule has 0 unspecified atom stereocenters. The summed E-state index contributed by atoms with van der Waals surface area (Å²) in [7, 11) is 1.66. The number of Topliss-reactive ketones (excluding diaryl/α,β-unsaturated/α-hetero) is 1. The smallest absolute Gasteiger partial charge is 0.245 e. The van der Waals surface area contributed by atoms with E-state index in [2.05, 4.69) is 11.1 Å². The van der Waals surface area contributed by atoms with Crippen molar-refractivity contribution in [2.45, 2.75) is 19.9 Å². The van der Waals surface area contributed by atoms with Crippen LogP contribution in [0, 0.1) is 12.8 Å². The third-order valence-electron chi connectivity index (χ3n) is 5.96. The van der Waals surface area contributed by atoms with E-state index in [0.29, 0.717) is 24.5 Å². The summed E-state index contributed by atoms with van der Waals surface area (Å²) in [6.07, 6.45) is 1.77. The van der Waals surface area contributed by atoms with Crippen LogP contribution in [0.1, 0.15) is 12.1 Å². The normalized spacial score (nSPS) is 13.8. The number of nitrogens with zero attached hydrogens (tertiary/aromatic N) is 2. The number of fused-ring (bicyclic) bond motifs is 1. The van der Waals surface area contributed by atoms with Crippen molar-refractivity contribution in [3.63, 3.8) is 0 Å². The van der Waals surface area contributed by atoms with Crippen LogP contribution in [0.25, 0.3) is 22.0 Å². The van der Waals surface area contributed by atoms with Crippen molar-refractivity contribution in [1.29, 1.82) is 0 Å². The fourth-order valence-corrected chi connectivity index (χ4v) is 4.59. The number of rotatable bonds is 7. The second kappa shape index (κ2) is 8.60. The maximum absolute atomic E-state index is 12.9. The Morgan fingerprint density at radius 2 is 1.97 bits per heavy atom. The van der Waals surface area contributed by atoms with E-state index in [1.165, 1.54) is 6.08 Å². The van der Waals surface area contributed by atoms with Crippen LogP contribution < -0.4 is 4.74 Å².